The molecule has 1 rings (SSSR count). The number of aromatic hydroxyl groups is 1. The minimum Gasteiger partial charge on any atom is -0.504 e. The van der Waals surface area contributed by atoms with Crippen molar-refractivity contribution in [2.24, 2.45) is 11.5 Å². The van der Waals surface area contributed by atoms with Gasteiger partial charge in [-0.2, -0.15) is 0 Å². The Morgan fingerprint density at radius 3 is 2.74 bits per heavy atom. The topological polar surface area (TPSA) is 98.6 Å². The highest BCUT2D eigenvalue weighted by Gasteiger charge is 2.25. The third-order valence-electron chi connectivity index (χ3n) is 2.75. The Bertz CT molecular complexity index is 482. The minimum absolute atomic E-state index is 0.0453. The second-order valence-corrected chi connectivity index (χ2v) is 4.42. The number of phenolic OH excluding ortho intramolecular Hbond substituents is 1. The van der Waals surface area contributed by atoms with Gasteiger partial charge in [0, 0.05) is 0 Å². The van der Waals surface area contributed by atoms with E-state index >= 15 is 0 Å². The number of ether oxygens (including phenoxy) is 1. The number of carbonyl (C=O) groups excluding carboxylic acids is 1. The molecule has 1 aromatic rings. The fourth-order valence-electron chi connectivity index (χ4n) is 1.66. The summed E-state index contributed by atoms with van der Waals surface area (Å²) in [6.07, 6.45) is 4.10. The van der Waals surface area contributed by atoms with Crippen molar-refractivity contribution in [3.05, 3.63) is 29.8 Å². The molecule has 0 amide bonds. The van der Waals surface area contributed by atoms with Gasteiger partial charge in [0.1, 0.15) is 5.66 Å². The summed E-state index contributed by atoms with van der Waals surface area (Å²) in [6.45, 7) is 1.91. The van der Waals surface area contributed by atoms with Crippen molar-refractivity contribution in [2.45, 2.75) is 25.4 Å². The smallest absolute Gasteiger partial charge is 0.189 e. The van der Waals surface area contributed by atoms with Crippen molar-refractivity contribution >= 4 is 11.9 Å². The van der Waals surface area contributed by atoms with Crippen LogP contribution in [0.2, 0.25) is 0 Å². The first-order chi connectivity index (χ1) is 8.90. The van der Waals surface area contributed by atoms with Gasteiger partial charge < -0.3 is 21.3 Å². The van der Waals surface area contributed by atoms with E-state index < -0.39 is 5.66 Å². The van der Waals surface area contributed by atoms with Crippen LogP contribution in [0.4, 0.5) is 0 Å². The van der Waals surface area contributed by atoms with Crippen molar-refractivity contribution in [1.29, 1.82) is 0 Å². The molecule has 5 heteroatoms. The third kappa shape index (κ3) is 4.08. The number of hydrogen-bond acceptors (Lipinski definition) is 5. The fraction of sp³-hybridized carbons (Fsp3) is 0.357. The van der Waals surface area contributed by atoms with E-state index in [1.165, 1.54) is 19.3 Å². The lowest BCUT2D eigenvalue weighted by atomic mass is 10.00. The standard InChI is InChI=1S/C14H20N2O3/c1-3-8-14(15,16)13(18)7-5-10-4-6-11(17)12(9-10)19-2/h4-7,9,17H,3,8,15-16H2,1-2H3. The molecule has 0 saturated carbocycles. The fourth-order valence-corrected chi connectivity index (χ4v) is 1.66. The monoisotopic (exact) mass is 264 g/mol. The molecule has 5 nitrogen and oxygen atoms in total. The molecule has 5 N–H and O–H groups in total. The molecular formula is C14H20N2O3. The largest absolute Gasteiger partial charge is 0.504 e. The second kappa shape index (κ2) is 6.36. The molecule has 1 aromatic carbocycles. The predicted molar refractivity (Wildman–Crippen MR) is 74.7 cm³/mol. The van der Waals surface area contributed by atoms with Crippen molar-refractivity contribution in [1.82, 2.24) is 0 Å². The molecule has 0 unspecified atom stereocenters. The van der Waals surface area contributed by atoms with Gasteiger partial charge in [0.25, 0.3) is 0 Å². The van der Waals surface area contributed by atoms with Crippen LogP contribution in [-0.2, 0) is 4.79 Å². The summed E-state index contributed by atoms with van der Waals surface area (Å²) in [5.74, 6) is 0.0558. The van der Waals surface area contributed by atoms with Crippen molar-refractivity contribution in [3.63, 3.8) is 0 Å². The van der Waals surface area contributed by atoms with E-state index in [1.54, 1.807) is 18.2 Å². The van der Waals surface area contributed by atoms with Crippen LogP contribution >= 0.6 is 0 Å². The Hall–Kier alpha value is -1.85. The Morgan fingerprint density at radius 2 is 2.16 bits per heavy atom. The zero-order chi connectivity index (χ0) is 14.5. The highest BCUT2D eigenvalue weighted by molar-refractivity contribution is 6.00. The summed E-state index contributed by atoms with van der Waals surface area (Å²) in [7, 11) is 1.46. The minimum atomic E-state index is -1.33. The van der Waals surface area contributed by atoms with Gasteiger partial charge >= 0.3 is 0 Å². The molecule has 0 aliphatic carbocycles. The van der Waals surface area contributed by atoms with Crippen molar-refractivity contribution in [2.75, 3.05) is 7.11 Å². The van der Waals surface area contributed by atoms with E-state index in [2.05, 4.69) is 0 Å². The Labute approximate surface area is 112 Å². The van der Waals surface area contributed by atoms with E-state index in [9.17, 15) is 9.90 Å². The highest BCUT2D eigenvalue weighted by Crippen LogP contribution is 2.26. The summed E-state index contributed by atoms with van der Waals surface area (Å²) < 4.78 is 4.98. The number of ketones is 1. The van der Waals surface area contributed by atoms with Gasteiger partial charge in [-0.05, 0) is 30.2 Å². The van der Waals surface area contributed by atoms with Crippen molar-refractivity contribution in [3.8, 4) is 11.5 Å². The van der Waals surface area contributed by atoms with Crippen LogP contribution in [0.1, 0.15) is 25.3 Å². The SMILES string of the molecule is CCCC(N)(N)C(=O)C=Cc1ccc(O)c(OC)c1. The average molecular weight is 264 g/mol. The number of benzene rings is 1. The van der Waals surface area contributed by atoms with Crippen LogP contribution in [0.25, 0.3) is 6.08 Å². The van der Waals surface area contributed by atoms with E-state index in [-0.39, 0.29) is 11.5 Å². The van der Waals surface area contributed by atoms with Crippen LogP contribution in [0.5, 0.6) is 11.5 Å². The van der Waals surface area contributed by atoms with Crippen molar-refractivity contribution < 1.29 is 14.6 Å². The van der Waals surface area contributed by atoms with Crippen LogP contribution in [-0.4, -0.2) is 23.7 Å². The van der Waals surface area contributed by atoms with E-state index in [4.69, 9.17) is 16.2 Å². The summed E-state index contributed by atoms with van der Waals surface area (Å²) in [6, 6.07) is 4.77. The summed E-state index contributed by atoms with van der Waals surface area (Å²) in [5, 5.41) is 9.46. The van der Waals surface area contributed by atoms with Crippen LogP contribution in [0.15, 0.2) is 24.3 Å². The third-order valence-corrected chi connectivity index (χ3v) is 2.75. The van der Waals surface area contributed by atoms with Gasteiger partial charge in [0.05, 0.1) is 7.11 Å². The zero-order valence-corrected chi connectivity index (χ0v) is 11.2. The molecule has 0 aliphatic heterocycles. The van der Waals surface area contributed by atoms with E-state index in [0.717, 1.165) is 12.0 Å². The summed E-state index contributed by atoms with van der Waals surface area (Å²) in [4.78, 5) is 11.8. The van der Waals surface area contributed by atoms with Crippen LogP contribution in [0, 0.1) is 0 Å². The maximum Gasteiger partial charge on any atom is 0.189 e. The first-order valence-electron chi connectivity index (χ1n) is 6.08. The van der Waals surface area contributed by atoms with Gasteiger partial charge in [-0.1, -0.05) is 25.5 Å². The zero-order valence-electron chi connectivity index (χ0n) is 11.2. The first kappa shape index (κ1) is 15.2. The quantitative estimate of drug-likeness (QED) is 0.533. The number of nitrogens with two attached hydrogens (primary N) is 2. The number of carbonyl (C=O) groups is 1. The number of hydrogen-bond donors (Lipinski definition) is 3. The van der Waals surface area contributed by atoms with Gasteiger partial charge in [0.15, 0.2) is 17.3 Å². The molecule has 0 aliphatic rings. The molecule has 0 fully saturated rings. The Balaban J connectivity index is 2.84. The molecule has 0 spiro atoms. The molecule has 19 heavy (non-hydrogen) atoms. The van der Waals surface area contributed by atoms with Gasteiger partial charge in [-0.15, -0.1) is 0 Å². The van der Waals surface area contributed by atoms with E-state index in [1.807, 2.05) is 6.92 Å². The number of rotatable bonds is 6. The number of methoxy groups -OCH3 is 1. The molecule has 0 heterocycles. The summed E-state index contributed by atoms with van der Waals surface area (Å²) in [5.41, 5.74) is 10.8. The summed E-state index contributed by atoms with van der Waals surface area (Å²) >= 11 is 0. The van der Waals surface area contributed by atoms with Gasteiger partial charge in [0.2, 0.25) is 0 Å². The normalized spacial score (nSPS) is 11.8. The second-order valence-electron chi connectivity index (χ2n) is 4.42. The van der Waals surface area contributed by atoms with Crippen LogP contribution < -0.4 is 16.2 Å². The molecule has 104 valence electrons. The Morgan fingerprint density at radius 1 is 1.47 bits per heavy atom. The molecule has 0 radical (unpaired) electrons. The lowest BCUT2D eigenvalue weighted by molar-refractivity contribution is -0.119. The molecule has 0 bridgehead atoms. The van der Waals surface area contributed by atoms with Crippen LogP contribution in [0.3, 0.4) is 0 Å². The Kier molecular flexibility index (Phi) is 5.09. The molecular weight excluding hydrogens is 244 g/mol. The van der Waals surface area contributed by atoms with Gasteiger partial charge in [-0.25, -0.2) is 0 Å². The lowest BCUT2D eigenvalue weighted by Gasteiger charge is -2.20. The lowest BCUT2D eigenvalue weighted by Crippen LogP contribution is -2.55. The van der Waals surface area contributed by atoms with E-state index in [0.29, 0.717) is 12.2 Å². The first-order valence-corrected chi connectivity index (χ1v) is 6.08. The van der Waals surface area contributed by atoms with Gasteiger partial charge in [-0.3, -0.25) is 4.79 Å². The molecule has 0 atom stereocenters. The highest BCUT2D eigenvalue weighted by atomic mass is 16.5. The molecule has 0 aromatic heterocycles. The maximum absolute atomic E-state index is 11.8. The predicted octanol–water partition coefficient (Wildman–Crippen LogP) is 1.40. The average Bonchev–Trinajstić information content (AvgIpc) is 2.37. The maximum atomic E-state index is 11.8. The number of phenols is 1. The molecule has 0 saturated heterocycles.